The van der Waals surface area contributed by atoms with Crippen molar-refractivity contribution in [1.82, 2.24) is 35.1 Å². The molecule has 5 atom stereocenters. The number of amides is 3. The summed E-state index contributed by atoms with van der Waals surface area (Å²) >= 11 is 0. The number of hydrogen-bond donors (Lipinski definition) is 3. The van der Waals surface area contributed by atoms with Gasteiger partial charge in [0.1, 0.15) is 17.7 Å². The van der Waals surface area contributed by atoms with Crippen LogP contribution in [0.1, 0.15) is 108 Å². The number of imidazole rings is 2. The zero-order valence-electron chi connectivity index (χ0n) is 35.3. The Morgan fingerprint density at radius 2 is 1.48 bits per heavy atom. The van der Waals surface area contributed by atoms with Gasteiger partial charge in [0.15, 0.2) is 0 Å². The molecule has 2 aliphatic heterocycles. The number of rotatable bonds is 9. The van der Waals surface area contributed by atoms with Gasteiger partial charge in [-0.15, -0.1) is 0 Å². The Kier molecular flexibility index (Phi) is 17.6. The van der Waals surface area contributed by atoms with Crippen LogP contribution in [-0.2, 0) is 14.3 Å². The van der Waals surface area contributed by atoms with E-state index in [1.54, 1.807) is 0 Å². The fourth-order valence-electron chi connectivity index (χ4n) is 8.57. The van der Waals surface area contributed by atoms with Gasteiger partial charge in [0.2, 0.25) is 11.8 Å². The summed E-state index contributed by atoms with van der Waals surface area (Å²) in [6.45, 7) is 11.6. The number of fused-ring (bicyclic) bond motifs is 1. The van der Waals surface area contributed by atoms with E-state index in [-0.39, 0.29) is 109 Å². The first-order chi connectivity index (χ1) is 26.4. The SMILES string of the molecule is COC(=O)N[C@H](C(=O)N1CC2(CC2)C[C@H]1c1ncc(-c2ccc(C#Cc3ccc4nc([C@@H]5C[C@@H](C6CC6)CN5C(=O)[C@@H](C)C(C)C)[nH]c4c3)cc2)[nH]1)C(C)C.S.S.S.S.S. The molecule has 2 aromatic carbocycles. The van der Waals surface area contributed by atoms with Crippen LogP contribution < -0.4 is 5.32 Å². The Labute approximate surface area is 389 Å². The topological polar surface area (TPSA) is 136 Å². The van der Waals surface area contributed by atoms with Crippen LogP contribution in [0, 0.1) is 46.8 Å². The molecule has 2 aromatic heterocycles. The largest absolute Gasteiger partial charge is 0.453 e. The number of aromatic nitrogens is 4. The summed E-state index contributed by atoms with van der Waals surface area (Å²) in [6, 6.07) is 13.3. The minimum Gasteiger partial charge on any atom is -0.453 e. The molecule has 2 saturated carbocycles. The summed E-state index contributed by atoms with van der Waals surface area (Å²) in [6.07, 6.45) is 7.78. The van der Waals surface area contributed by atoms with Gasteiger partial charge < -0.3 is 29.8 Å². The van der Waals surface area contributed by atoms with Gasteiger partial charge in [-0.05, 0) is 104 Å². The molecule has 2 aliphatic carbocycles. The number of carbonyl (C=O) groups is 3. The zero-order valence-corrected chi connectivity index (χ0v) is 40.3. The molecule has 60 heavy (non-hydrogen) atoms. The third-order valence-electron chi connectivity index (χ3n) is 12.7. The van der Waals surface area contributed by atoms with E-state index in [1.807, 2.05) is 67.4 Å². The third kappa shape index (κ3) is 10.6. The molecule has 3 N–H and O–H groups in total. The molecule has 2 saturated heterocycles. The maximum absolute atomic E-state index is 13.8. The molecular formula is C44H63N7O4S5. The van der Waals surface area contributed by atoms with E-state index in [0.29, 0.717) is 18.4 Å². The number of hydrogen-bond acceptors (Lipinski definition) is 6. The molecule has 0 radical (unpaired) electrons. The summed E-state index contributed by atoms with van der Waals surface area (Å²) < 4.78 is 4.81. The lowest BCUT2D eigenvalue weighted by molar-refractivity contribution is -0.137. The summed E-state index contributed by atoms with van der Waals surface area (Å²) in [5, 5.41) is 2.75. The number of likely N-dealkylation sites (tertiary alicyclic amines) is 2. The number of nitrogens with zero attached hydrogens (tertiary/aromatic N) is 4. The number of ether oxygens (including phenoxy) is 1. The molecule has 328 valence electrons. The highest BCUT2D eigenvalue weighted by atomic mass is 32.1. The Hall–Kier alpha value is -3.36. The van der Waals surface area contributed by atoms with Crippen LogP contribution >= 0.6 is 67.5 Å². The van der Waals surface area contributed by atoms with E-state index in [9.17, 15) is 14.4 Å². The minimum atomic E-state index is -0.677. The van der Waals surface area contributed by atoms with Crippen LogP contribution in [-0.4, -0.2) is 73.9 Å². The van der Waals surface area contributed by atoms with Gasteiger partial charge >= 0.3 is 6.09 Å². The molecule has 4 aromatic rings. The molecule has 0 bridgehead atoms. The number of nitrogens with one attached hydrogen (secondary N) is 3. The Bertz CT molecular complexity index is 2170. The van der Waals surface area contributed by atoms with E-state index in [0.717, 1.165) is 83.2 Å². The molecule has 3 amide bonds. The van der Waals surface area contributed by atoms with E-state index >= 15 is 0 Å². The lowest BCUT2D eigenvalue weighted by Gasteiger charge is -2.30. The Morgan fingerprint density at radius 3 is 2.10 bits per heavy atom. The van der Waals surface area contributed by atoms with Gasteiger partial charge in [-0.25, -0.2) is 14.8 Å². The lowest BCUT2D eigenvalue weighted by atomic mass is 9.96. The van der Waals surface area contributed by atoms with E-state index in [4.69, 9.17) is 14.7 Å². The van der Waals surface area contributed by atoms with Crippen molar-refractivity contribution in [3.8, 4) is 23.1 Å². The number of carbonyl (C=O) groups excluding carboxylic acids is 3. The summed E-state index contributed by atoms with van der Waals surface area (Å²) in [4.78, 5) is 60.3. The third-order valence-corrected chi connectivity index (χ3v) is 12.7. The van der Waals surface area contributed by atoms with Gasteiger partial charge in [-0.3, -0.25) is 9.59 Å². The van der Waals surface area contributed by atoms with Crippen molar-refractivity contribution in [3.05, 3.63) is 71.4 Å². The van der Waals surface area contributed by atoms with Crippen molar-refractivity contribution >= 4 is 96.4 Å². The van der Waals surface area contributed by atoms with Gasteiger partial charge in [0.05, 0.1) is 42.1 Å². The van der Waals surface area contributed by atoms with E-state index < -0.39 is 12.1 Å². The fourth-order valence-corrected chi connectivity index (χ4v) is 8.57. The van der Waals surface area contributed by atoms with Crippen LogP contribution in [0.5, 0.6) is 0 Å². The van der Waals surface area contributed by atoms with Crippen LogP contribution in [0.25, 0.3) is 22.3 Å². The first-order valence-electron chi connectivity index (χ1n) is 20.0. The highest BCUT2D eigenvalue weighted by molar-refractivity contribution is 7.60. The molecule has 0 unspecified atom stereocenters. The Balaban J connectivity index is 0.00000192. The fraction of sp³-hybridized carbons (Fsp3) is 0.523. The number of H-pyrrole nitrogens is 2. The van der Waals surface area contributed by atoms with Crippen LogP contribution in [0.3, 0.4) is 0 Å². The molecule has 16 heteroatoms. The van der Waals surface area contributed by atoms with E-state index in [1.165, 1.54) is 20.0 Å². The number of aromatic amines is 2. The second-order valence-corrected chi connectivity index (χ2v) is 17.3. The quantitative estimate of drug-likeness (QED) is 0.146. The molecule has 1 spiro atoms. The van der Waals surface area contributed by atoms with Gasteiger partial charge in [0, 0.05) is 30.1 Å². The second kappa shape index (κ2) is 20.7. The minimum absolute atomic E-state index is 0. The maximum Gasteiger partial charge on any atom is 0.407 e. The predicted molar refractivity (Wildman–Crippen MR) is 262 cm³/mol. The smallest absolute Gasteiger partial charge is 0.407 e. The average molecular weight is 914 g/mol. The highest BCUT2D eigenvalue weighted by Crippen LogP contribution is 2.58. The van der Waals surface area contributed by atoms with Gasteiger partial charge in [0.25, 0.3) is 0 Å². The van der Waals surface area contributed by atoms with Crippen LogP contribution in [0.2, 0.25) is 0 Å². The van der Waals surface area contributed by atoms with Crippen molar-refractivity contribution in [2.45, 2.75) is 91.3 Å². The zero-order chi connectivity index (χ0) is 38.6. The van der Waals surface area contributed by atoms with Crippen LogP contribution in [0.4, 0.5) is 4.79 Å². The number of alkyl carbamates (subject to hydrolysis) is 1. The van der Waals surface area contributed by atoms with Crippen LogP contribution in [0.15, 0.2) is 48.7 Å². The molecule has 4 heterocycles. The van der Waals surface area contributed by atoms with Crippen molar-refractivity contribution in [3.63, 3.8) is 0 Å². The second-order valence-electron chi connectivity index (χ2n) is 17.3. The van der Waals surface area contributed by atoms with Crippen molar-refractivity contribution in [2.75, 3.05) is 20.2 Å². The highest BCUT2D eigenvalue weighted by Gasteiger charge is 2.55. The molecule has 8 rings (SSSR count). The number of methoxy groups -OCH3 is 1. The van der Waals surface area contributed by atoms with Crippen molar-refractivity contribution in [1.29, 1.82) is 0 Å². The summed E-state index contributed by atoms with van der Waals surface area (Å²) in [7, 11) is 1.31. The molecule has 4 aliphatic rings. The van der Waals surface area contributed by atoms with E-state index in [2.05, 4.69) is 52.8 Å². The average Bonchev–Trinajstić information content (AvgIpc) is 3.90. The normalized spacial score (nSPS) is 20.7. The van der Waals surface area contributed by atoms with Gasteiger partial charge in [-0.1, -0.05) is 58.6 Å². The van der Waals surface area contributed by atoms with Crippen molar-refractivity contribution in [2.24, 2.45) is 35.0 Å². The predicted octanol–water partition coefficient (Wildman–Crippen LogP) is 7.94. The lowest BCUT2D eigenvalue weighted by Crippen LogP contribution is -2.51. The summed E-state index contributed by atoms with van der Waals surface area (Å²) in [5.41, 5.74) is 5.58. The monoisotopic (exact) mass is 913 g/mol. The Morgan fingerprint density at radius 1 is 0.817 bits per heavy atom. The molecule has 4 fully saturated rings. The standard InChI is InChI=1S/C44H53N7O4.5H2S/c1-25(2)27(5)41(52)50-23-32(30-14-15-30)20-36(50)40-46-33-16-11-29(19-34(33)47-40)8-7-28-9-12-31(13-10-28)35-22-45-39(48-35)37-21-44(17-18-44)24-51(37)42(53)38(26(3)4)49-43(54)55-6;;;;;/h9-13,16,19,22,25-27,30,32,36-38H,14-15,17-18,20-21,23-24H2,1-6H3,(H,45,48)(H,46,47)(H,49,54);5*1H2/t27-,32+,36-,37-,38-;;;;;/m0...../s1. The molecule has 11 nitrogen and oxygen atoms in total. The molecular weight excluding hydrogens is 851 g/mol. The van der Waals surface area contributed by atoms with Gasteiger partial charge in [-0.2, -0.15) is 67.5 Å². The van der Waals surface area contributed by atoms with Crippen molar-refractivity contribution < 1.29 is 19.1 Å². The summed E-state index contributed by atoms with van der Waals surface area (Å²) in [5.74, 6) is 9.87. The maximum atomic E-state index is 13.8. The number of benzene rings is 2. The first kappa shape index (κ1) is 51.0. The first-order valence-corrected chi connectivity index (χ1v) is 20.0.